The Labute approximate surface area is 119 Å². The molecule has 1 N–H and O–H groups in total. The predicted molar refractivity (Wildman–Crippen MR) is 77.4 cm³/mol. The lowest BCUT2D eigenvalue weighted by atomic mass is 10.0. The fourth-order valence-corrected chi connectivity index (χ4v) is 4.83. The molecule has 0 amide bonds. The molecule has 0 bridgehead atoms. The van der Waals surface area contributed by atoms with Gasteiger partial charge >= 0.3 is 0 Å². The van der Waals surface area contributed by atoms with Gasteiger partial charge in [-0.3, -0.25) is 0 Å². The molecule has 0 aliphatic heterocycles. The van der Waals surface area contributed by atoms with Crippen LogP contribution in [0.5, 0.6) is 0 Å². The minimum Gasteiger partial charge on any atom is -0.314 e. The highest BCUT2D eigenvalue weighted by Gasteiger charge is 2.53. The van der Waals surface area contributed by atoms with Gasteiger partial charge in [0.05, 0.1) is 0 Å². The van der Waals surface area contributed by atoms with E-state index in [1.54, 1.807) is 0 Å². The van der Waals surface area contributed by atoms with Crippen molar-refractivity contribution in [3.8, 4) is 0 Å². The molecular formula is C15H23N3S. The summed E-state index contributed by atoms with van der Waals surface area (Å²) in [6.07, 6.45) is 10.8. The van der Waals surface area contributed by atoms with Crippen LogP contribution in [0.2, 0.25) is 0 Å². The molecule has 1 heterocycles. The normalized spacial score (nSPS) is 33.2. The largest absolute Gasteiger partial charge is 0.314 e. The van der Waals surface area contributed by atoms with Gasteiger partial charge in [-0.1, -0.05) is 12.8 Å². The molecule has 0 spiro atoms. The molecule has 3 fully saturated rings. The summed E-state index contributed by atoms with van der Waals surface area (Å²) in [4.78, 5) is 0. The van der Waals surface area contributed by atoms with Crippen molar-refractivity contribution in [1.82, 2.24) is 15.5 Å². The number of hydrogen-bond acceptors (Lipinski definition) is 4. The number of rotatable bonds is 6. The Morgan fingerprint density at radius 1 is 1.05 bits per heavy atom. The van der Waals surface area contributed by atoms with Gasteiger partial charge in [-0.2, -0.15) is 0 Å². The number of aryl methyl sites for hydroxylation is 1. The SMILES string of the molecule is C(CNC1CC1)Cc1nnc(C2C3CCCCC32)s1. The third-order valence-electron chi connectivity index (χ3n) is 5.00. The summed E-state index contributed by atoms with van der Waals surface area (Å²) in [7, 11) is 0. The van der Waals surface area contributed by atoms with E-state index in [4.69, 9.17) is 0 Å². The Kier molecular flexibility index (Phi) is 3.32. The van der Waals surface area contributed by atoms with Gasteiger partial charge in [-0.15, -0.1) is 21.5 Å². The molecule has 19 heavy (non-hydrogen) atoms. The zero-order chi connectivity index (χ0) is 12.7. The maximum absolute atomic E-state index is 4.48. The summed E-state index contributed by atoms with van der Waals surface area (Å²) in [5.74, 6) is 2.72. The molecule has 0 saturated heterocycles. The van der Waals surface area contributed by atoms with Gasteiger partial charge in [0.1, 0.15) is 10.0 Å². The van der Waals surface area contributed by atoms with Crippen LogP contribution in [0, 0.1) is 11.8 Å². The van der Waals surface area contributed by atoms with Crippen molar-refractivity contribution < 1.29 is 0 Å². The fraction of sp³-hybridized carbons (Fsp3) is 0.867. The third-order valence-corrected chi connectivity index (χ3v) is 6.09. The van der Waals surface area contributed by atoms with E-state index in [1.807, 2.05) is 11.3 Å². The second-order valence-electron chi connectivity index (χ2n) is 6.50. The first-order chi connectivity index (χ1) is 9.42. The number of nitrogens with one attached hydrogen (secondary N) is 1. The lowest BCUT2D eigenvalue weighted by Crippen LogP contribution is -2.17. The van der Waals surface area contributed by atoms with E-state index in [2.05, 4.69) is 15.5 Å². The van der Waals surface area contributed by atoms with Crippen molar-refractivity contribution in [3.63, 3.8) is 0 Å². The summed E-state index contributed by atoms with van der Waals surface area (Å²) in [5, 5.41) is 15.1. The molecule has 3 aliphatic carbocycles. The highest BCUT2D eigenvalue weighted by Crippen LogP contribution is 2.61. The molecule has 3 nitrogen and oxygen atoms in total. The van der Waals surface area contributed by atoms with Crippen molar-refractivity contribution in [2.75, 3.05) is 6.54 Å². The standard InChI is InChI=1S/C15H23N3S/c1-2-5-12-11(4-1)14(12)15-18-17-13(19-15)6-3-9-16-10-7-8-10/h10-12,14,16H,1-9H2. The molecule has 2 unspecified atom stereocenters. The van der Waals surface area contributed by atoms with Crippen LogP contribution in [0.3, 0.4) is 0 Å². The molecule has 1 aromatic rings. The second-order valence-corrected chi connectivity index (χ2v) is 7.60. The molecule has 4 rings (SSSR count). The van der Waals surface area contributed by atoms with Crippen LogP contribution in [0.25, 0.3) is 0 Å². The van der Waals surface area contributed by atoms with Crippen LogP contribution >= 0.6 is 11.3 Å². The number of fused-ring (bicyclic) bond motifs is 1. The zero-order valence-corrected chi connectivity index (χ0v) is 12.3. The summed E-state index contributed by atoms with van der Waals surface area (Å²) in [5.41, 5.74) is 0. The van der Waals surface area contributed by atoms with E-state index in [-0.39, 0.29) is 0 Å². The van der Waals surface area contributed by atoms with E-state index in [0.29, 0.717) is 0 Å². The average molecular weight is 277 g/mol. The van der Waals surface area contributed by atoms with E-state index in [1.165, 1.54) is 55.0 Å². The first-order valence-electron chi connectivity index (χ1n) is 7.97. The van der Waals surface area contributed by atoms with Gasteiger partial charge in [0, 0.05) is 18.4 Å². The minimum absolute atomic E-state index is 0.790. The lowest BCUT2D eigenvalue weighted by Gasteiger charge is -2.04. The molecule has 0 aromatic carbocycles. The smallest absolute Gasteiger partial charge is 0.121 e. The molecule has 2 atom stereocenters. The Morgan fingerprint density at radius 3 is 2.58 bits per heavy atom. The van der Waals surface area contributed by atoms with Gasteiger partial charge < -0.3 is 5.32 Å². The van der Waals surface area contributed by atoms with E-state index >= 15 is 0 Å². The van der Waals surface area contributed by atoms with Gasteiger partial charge in [0.2, 0.25) is 0 Å². The Balaban J connectivity index is 1.27. The minimum atomic E-state index is 0.790. The van der Waals surface area contributed by atoms with E-state index in [9.17, 15) is 0 Å². The highest BCUT2D eigenvalue weighted by atomic mass is 32.1. The number of hydrogen-bond donors (Lipinski definition) is 1. The molecule has 3 aliphatic rings. The molecule has 104 valence electrons. The lowest BCUT2D eigenvalue weighted by molar-refractivity contribution is 0.480. The Hall–Kier alpha value is -0.480. The first kappa shape index (κ1) is 12.3. The molecule has 3 saturated carbocycles. The van der Waals surface area contributed by atoms with Crippen LogP contribution in [0.4, 0.5) is 0 Å². The third kappa shape index (κ3) is 2.70. The summed E-state index contributed by atoms with van der Waals surface area (Å²) in [6.45, 7) is 1.15. The van der Waals surface area contributed by atoms with Crippen LogP contribution in [0.15, 0.2) is 0 Å². The van der Waals surface area contributed by atoms with Crippen molar-refractivity contribution in [2.24, 2.45) is 11.8 Å². The van der Waals surface area contributed by atoms with Crippen LogP contribution in [-0.4, -0.2) is 22.8 Å². The summed E-state index contributed by atoms with van der Waals surface area (Å²) >= 11 is 1.89. The molecule has 0 radical (unpaired) electrons. The highest BCUT2D eigenvalue weighted by molar-refractivity contribution is 7.11. The Morgan fingerprint density at radius 2 is 1.84 bits per heavy atom. The maximum Gasteiger partial charge on any atom is 0.121 e. The van der Waals surface area contributed by atoms with Crippen molar-refractivity contribution in [1.29, 1.82) is 0 Å². The topological polar surface area (TPSA) is 37.8 Å². The maximum atomic E-state index is 4.48. The Bertz CT molecular complexity index is 428. The predicted octanol–water partition coefficient (Wildman–Crippen LogP) is 3.13. The van der Waals surface area contributed by atoms with E-state index < -0.39 is 0 Å². The van der Waals surface area contributed by atoms with Crippen molar-refractivity contribution in [2.45, 2.75) is 63.3 Å². The summed E-state index contributed by atoms with van der Waals surface area (Å²) in [6, 6.07) is 0.833. The van der Waals surface area contributed by atoms with Crippen molar-refractivity contribution in [3.05, 3.63) is 10.0 Å². The van der Waals surface area contributed by atoms with Gasteiger partial charge in [0.15, 0.2) is 0 Å². The van der Waals surface area contributed by atoms with Crippen molar-refractivity contribution >= 4 is 11.3 Å². The second kappa shape index (κ2) is 5.13. The molecule has 1 aromatic heterocycles. The van der Waals surface area contributed by atoms with Crippen LogP contribution in [-0.2, 0) is 6.42 Å². The van der Waals surface area contributed by atoms with Gasteiger partial charge in [-0.05, 0) is 50.5 Å². The monoisotopic (exact) mass is 277 g/mol. The average Bonchev–Trinajstić information content (AvgIpc) is 3.34. The van der Waals surface area contributed by atoms with Crippen LogP contribution < -0.4 is 5.32 Å². The van der Waals surface area contributed by atoms with Gasteiger partial charge in [0.25, 0.3) is 0 Å². The fourth-order valence-electron chi connectivity index (χ4n) is 3.69. The summed E-state index contributed by atoms with van der Waals surface area (Å²) < 4.78 is 0. The number of aromatic nitrogens is 2. The first-order valence-corrected chi connectivity index (χ1v) is 8.79. The number of nitrogens with zero attached hydrogens (tertiary/aromatic N) is 2. The van der Waals surface area contributed by atoms with Crippen LogP contribution in [0.1, 0.15) is 60.9 Å². The van der Waals surface area contributed by atoms with E-state index in [0.717, 1.165) is 36.8 Å². The molecular weight excluding hydrogens is 254 g/mol. The quantitative estimate of drug-likeness (QED) is 0.812. The van der Waals surface area contributed by atoms with Gasteiger partial charge in [-0.25, -0.2) is 0 Å². The molecule has 4 heteroatoms. The zero-order valence-electron chi connectivity index (χ0n) is 11.5.